The Morgan fingerprint density at radius 1 is 0.850 bits per heavy atom. The van der Waals surface area contributed by atoms with E-state index in [4.69, 9.17) is 37.9 Å². The second kappa shape index (κ2) is 13.5. The van der Waals surface area contributed by atoms with Crippen molar-refractivity contribution in [1.82, 2.24) is 0 Å². The highest BCUT2D eigenvalue weighted by Gasteiger charge is 2.25. The van der Waals surface area contributed by atoms with E-state index in [2.05, 4.69) is 4.89 Å². The van der Waals surface area contributed by atoms with Gasteiger partial charge in [-0.05, 0) is 81.4 Å². The van der Waals surface area contributed by atoms with E-state index in [-0.39, 0.29) is 31.0 Å². The molecule has 0 bridgehead atoms. The van der Waals surface area contributed by atoms with Crippen LogP contribution in [0.3, 0.4) is 0 Å². The quantitative estimate of drug-likeness (QED) is 0.207. The van der Waals surface area contributed by atoms with Gasteiger partial charge in [0.15, 0.2) is 16.4 Å². The molecule has 3 rings (SSSR count). The number of halogens is 2. The van der Waals surface area contributed by atoms with Crippen LogP contribution in [-0.4, -0.2) is 52.5 Å². The van der Waals surface area contributed by atoms with E-state index in [1.807, 2.05) is 0 Å². The van der Waals surface area contributed by atoms with Crippen molar-refractivity contribution in [3.8, 4) is 5.75 Å². The van der Waals surface area contributed by atoms with Crippen molar-refractivity contribution in [3.05, 3.63) is 82.3 Å². The molecule has 0 aliphatic carbocycles. The van der Waals surface area contributed by atoms with Gasteiger partial charge in [-0.1, -0.05) is 29.3 Å². The molecule has 0 atom stereocenters. The van der Waals surface area contributed by atoms with Crippen molar-refractivity contribution in [3.63, 3.8) is 0 Å². The standard InChI is InChI=1S/C19H21ClO7S2.C7H5ClO3/c1-19(2,3)27-18(21)12-26-16-10-5-13(20)11-17(16)29(24,25)15-8-6-14(7-9-15)28(4,22)23;8-6-3-1-2-5(4-6)7(9)11-10/h5-11H,12H2,1-4H3;1-4,10H. The molecule has 0 aliphatic heterocycles. The Hall–Kier alpha value is -3.16. The van der Waals surface area contributed by atoms with E-state index in [0.29, 0.717) is 5.02 Å². The summed E-state index contributed by atoms with van der Waals surface area (Å²) < 4.78 is 59.8. The number of hydrogen-bond acceptors (Lipinski definition) is 10. The molecule has 0 aromatic heterocycles. The van der Waals surface area contributed by atoms with Crippen LogP contribution in [0.15, 0.2) is 81.4 Å². The van der Waals surface area contributed by atoms with E-state index in [1.54, 1.807) is 32.9 Å². The first-order valence-electron chi connectivity index (χ1n) is 11.2. The molecule has 0 radical (unpaired) electrons. The number of esters is 1. The van der Waals surface area contributed by atoms with Gasteiger partial charge in [0.2, 0.25) is 9.84 Å². The second-order valence-electron chi connectivity index (χ2n) is 9.10. The van der Waals surface area contributed by atoms with Gasteiger partial charge in [0.25, 0.3) is 0 Å². The minimum Gasteiger partial charge on any atom is -0.481 e. The molecule has 0 spiro atoms. The molecule has 0 amide bonds. The summed E-state index contributed by atoms with van der Waals surface area (Å²) in [5.74, 6) is -1.55. The summed E-state index contributed by atoms with van der Waals surface area (Å²) >= 11 is 11.5. The number of benzene rings is 3. The van der Waals surface area contributed by atoms with Crippen LogP contribution in [0.1, 0.15) is 31.1 Å². The Bertz CT molecular complexity index is 1580. The van der Waals surface area contributed by atoms with Crippen LogP contribution in [0.25, 0.3) is 0 Å². The number of sulfone groups is 2. The Morgan fingerprint density at radius 3 is 1.95 bits per heavy atom. The zero-order chi connectivity index (χ0) is 30.3. The fourth-order valence-electron chi connectivity index (χ4n) is 2.98. The van der Waals surface area contributed by atoms with Gasteiger partial charge in [0, 0.05) is 16.3 Å². The summed E-state index contributed by atoms with van der Waals surface area (Å²) in [4.78, 5) is 25.6. The van der Waals surface area contributed by atoms with Crippen LogP contribution >= 0.6 is 23.2 Å². The lowest BCUT2D eigenvalue weighted by molar-refractivity contribution is -0.182. The van der Waals surface area contributed by atoms with Gasteiger partial charge in [-0.15, -0.1) is 0 Å². The van der Waals surface area contributed by atoms with Crippen LogP contribution in [-0.2, 0) is 34.1 Å². The average molecular weight is 634 g/mol. The zero-order valence-electron chi connectivity index (χ0n) is 21.8. The van der Waals surface area contributed by atoms with Gasteiger partial charge in [-0.3, -0.25) is 4.89 Å². The monoisotopic (exact) mass is 632 g/mol. The van der Waals surface area contributed by atoms with Crippen LogP contribution in [0.4, 0.5) is 0 Å². The fourth-order valence-corrected chi connectivity index (χ4v) is 5.46. The first-order valence-corrected chi connectivity index (χ1v) is 15.4. The Labute approximate surface area is 242 Å². The third-order valence-corrected chi connectivity index (χ3v) is 8.06. The van der Waals surface area contributed by atoms with Crippen molar-refractivity contribution >= 4 is 54.8 Å². The lowest BCUT2D eigenvalue weighted by atomic mass is 10.2. The van der Waals surface area contributed by atoms with Crippen molar-refractivity contribution in [2.45, 2.75) is 41.1 Å². The van der Waals surface area contributed by atoms with E-state index >= 15 is 0 Å². The third kappa shape index (κ3) is 9.79. The molecule has 0 fully saturated rings. The van der Waals surface area contributed by atoms with Crippen LogP contribution in [0, 0.1) is 0 Å². The highest BCUT2D eigenvalue weighted by molar-refractivity contribution is 7.91. The number of carbonyl (C=O) groups is 2. The van der Waals surface area contributed by atoms with Crippen LogP contribution in [0.5, 0.6) is 5.75 Å². The predicted octanol–water partition coefficient (Wildman–Crippen LogP) is 5.27. The summed E-state index contributed by atoms with van der Waals surface area (Å²) in [6.07, 6.45) is 1.02. The molecule has 10 nitrogen and oxygen atoms in total. The molecule has 3 aromatic rings. The van der Waals surface area contributed by atoms with Crippen LogP contribution in [0.2, 0.25) is 10.0 Å². The Morgan fingerprint density at radius 2 is 1.43 bits per heavy atom. The molecule has 0 aliphatic rings. The van der Waals surface area contributed by atoms with Crippen molar-refractivity contribution in [2.24, 2.45) is 0 Å². The Balaban J connectivity index is 0.000000425. The lowest BCUT2D eigenvalue weighted by Crippen LogP contribution is -2.27. The van der Waals surface area contributed by atoms with Gasteiger partial charge in [0.05, 0.1) is 15.4 Å². The minimum absolute atomic E-state index is 0.0102. The molecule has 1 N–H and O–H groups in total. The Kier molecular flexibility index (Phi) is 11.1. The maximum Gasteiger partial charge on any atom is 0.372 e. The van der Waals surface area contributed by atoms with Gasteiger partial charge < -0.3 is 9.47 Å². The molecular formula is C26H26Cl2O10S2. The summed E-state index contributed by atoms with van der Waals surface area (Å²) in [6, 6.07) is 14.8. The molecule has 3 aromatic carbocycles. The summed E-state index contributed by atoms with van der Waals surface area (Å²) in [5, 5.41) is 8.56. The number of hydrogen-bond donors (Lipinski definition) is 1. The largest absolute Gasteiger partial charge is 0.481 e. The highest BCUT2D eigenvalue weighted by atomic mass is 35.5. The van der Waals surface area contributed by atoms with E-state index in [0.717, 1.165) is 6.26 Å². The predicted molar refractivity (Wildman–Crippen MR) is 147 cm³/mol. The van der Waals surface area contributed by atoms with Gasteiger partial charge in [0.1, 0.15) is 16.2 Å². The zero-order valence-corrected chi connectivity index (χ0v) is 24.9. The first kappa shape index (κ1) is 33.0. The fraction of sp³-hybridized carbons (Fsp3) is 0.231. The number of ether oxygens (including phenoxy) is 2. The van der Waals surface area contributed by atoms with E-state index < -0.39 is 43.8 Å². The summed E-state index contributed by atoms with van der Waals surface area (Å²) in [6.45, 7) is 4.60. The smallest absolute Gasteiger partial charge is 0.372 e. The number of carbonyl (C=O) groups excluding carboxylic acids is 2. The SMILES string of the molecule is CC(C)(C)OC(=O)COc1ccc(Cl)cc1S(=O)(=O)c1ccc(S(C)(=O)=O)cc1.O=C(OO)c1cccc(Cl)c1. The first-order chi connectivity index (χ1) is 18.4. The maximum absolute atomic E-state index is 13.0. The summed E-state index contributed by atoms with van der Waals surface area (Å²) in [7, 11) is -7.56. The van der Waals surface area contributed by atoms with Crippen molar-refractivity contribution < 1.29 is 46.0 Å². The molecule has 14 heteroatoms. The molecular weight excluding hydrogens is 607 g/mol. The highest BCUT2D eigenvalue weighted by Crippen LogP contribution is 2.32. The number of rotatable bonds is 7. The molecule has 0 saturated heterocycles. The van der Waals surface area contributed by atoms with Gasteiger partial charge >= 0.3 is 11.9 Å². The normalized spacial score (nSPS) is 11.6. The molecule has 40 heavy (non-hydrogen) atoms. The molecule has 0 saturated carbocycles. The average Bonchev–Trinajstić information content (AvgIpc) is 2.86. The third-order valence-electron chi connectivity index (χ3n) is 4.67. The van der Waals surface area contributed by atoms with Crippen LogP contribution < -0.4 is 4.74 Å². The molecule has 0 heterocycles. The van der Waals surface area contributed by atoms with Crippen molar-refractivity contribution in [2.75, 3.05) is 12.9 Å². The molecule has 216 valence electrons. The summed E-state index contributed by atoms with van der Waals surface area (Å²) in [5.41, 5.74) is -0.489. The van der Waals surface area contributed by atoms with E-state index in [1.165, 1.54) is 54.6 Å². The van der Waals surface area contributed by atoms with Gasteiger partial charge in [-0.25, -0.2) is 26.4 Å². The van der Waals surface area contributed by atoms with E-state index in [9.17, 15) is 26.4 Å². The van der Waals surface area contributed by atoms with Gasteiger partial charge in [-0.2, -0.15) is 5.26 Å². The topological polar surface area (TPSA) is 150 Å². The lowest BCUT2D eigenvalue weighted by Gasteiger charge is -2.20. The second-order valence-corrected chi connectivity index (χ2v) is 13.9. The van der Waals surface area contributed by atoms with Crippen molar-refractivity contribution in [1.29, 1.82) is 0 Å². The molecule has 0 unspecified atom stereocenters. The minimum atomic E-state index is -4.09. The maximum atomic E-state index is 13.0.